The number of pyridine rings is 2. The number of hydrogen-bond donors (Lipinski definition) is 1. The highest BCUT2D eigenvalue weighted by Gasteiger charge is 2.59. The second-order valence-electron chi connectivity index (χ2n) is 13.0. The zero-order valence-electron chi connectivity index (χ0n) is 28.0. The molecule has 1 N–H and O–H groups in total. The number of rotatable bonds is 1. The van der Waals surface area contributed by atoms with E-state index in [9.17, 15) is 18.4 Å². The molecule has 2 saturated heterocycles. The number of halogens is 5. The Kier molecular flexibility index (Phi) is 8.83. The standard InChI is InChI=1S/C18H13BrFN5O.C14H11BrFN3O.C4H3ClN2.14H2/c1-24-14-7-23-13-6-12(20)11(19)5-10(13)15(14)18(16(24)26)8-25(9-18)17-21-3-2-4-22-17;1-19-11-4-18-10-3-9(16)8(15)2-7(10)12(11)14(13(19)20)5-17-6-14;5-4-6-2-1-3-7-4;;;;;;;;;;;;;;/h2-7H,8-9H2,1H3;2-4,17H,5-6H2,1H3;1-3H;14*1H. The van der Waals surface area contributed by atoms with E-state index >= 15 is 0 Å². The van der Waals surface area contributed by atoms with Crippen molar-refractivity contribution in [1.29, 1.82) is 0 Å². The van der Waals surface area contributed by atoms with Crippen LogP contribution in [0.5, 0.6) is 0 Å². The van der Waals surface area contributed by atoms with Gasteiger partial charge in [-0.15, -0.1) is 0 Å². The van der Waals surface area contributed by atoms with Gasteiger partial charge in [0.05, 0.1) is 43.7 Å². The number of carbonyl (C=O) groups excluding carboxylic acids is 2. The molecule has 2 aromatic carbocycles. The van der Waals surface area contributed by atoms with Crippen molar-refractivity contribution in [3.05, 3.63) is 111 Å². The Bertz CT molecular complexity index is 2500. The molecule has 0 atom stereocenters. The zero-order chi connectivity index (χ0) is 37.2. The molecule has 17 heteroatoms. The highest BCUT2D eigenvalue weighted by atomic mass is 79.9. The van der Waals surface area contributed by atoms with E-state index in [1.807, 2.05) is 4.90 Å². The van der Waals surface area contributed by atoms with Crippen molar-refractivity contribution in [2.45, 2.75) is 10.8 Å². The zero-order valence-corrected chi connectivity index (χ0v) is 31.9. The summed E-state index contributed by atoms with van der Waals surface area (Å²) in [5.74, 6) is -0.00365. The summed E-state index contributed by atoms with van der Waals surface area (Å²) >= 11 is 11.8. The van der Waals surface area contributed by atoms with E-state index in [0.717, 1.165) is 33.3 Å². The second kappa shape index (κ2) is 13.3. The lowest BCUT2D eigenvalue weighted by molar-refractivity contribution is -0.124. The molecule has 4 aromatic heterocycles. The Labute approximate surface area is 343 Å². The third-order valence-corrected chi connectivity index (χ3v) is 11.4. The fourth-order valence-electron chi connectivity index (χ4n) is 7.42. The summed E-state index contributed by atoms with van der Waals surface area (Å²) < 4.78 is 28.4. The van der Waals surface area contributed by atoms with Gasteiger partial charge in [-0.25, -0.2) is 28.7 Å². The van der Waals surface area contributed by atoms with Crippen molar-refractivity contribution in [2.75, 3.05) is 55.0 Å². The van der Waals surface area contributed by atoms with E-state index < -0.39 is 10.8 Å². The molecule has 0 aliphatic carbocycles. The van der Waals surface area contributed by atoms with Gasteiger partial charge >= 0.3 is 0 Å². The maximum atomic E-state index is 13.9. The van der Waals surface area contributed by atoms with Crippen molar-refractivity contribution >= 4 is 94.4 Å². The van der Waals surface area contributed by atoms with Gasteiger partial charge in [0, 0.05) is 119 Å². The molecule has 0 radical (unpaired) electrons. The smallest absolute Gasteiger partial charge is 0.241 e. The molecular formula is C36H55Br2ClF2N10O2. The third kappa shape index (κ3) is 5.61. The van der Waals surface area contributed by atoms with Crippen molar-refractivity contribution in [3.63, 3.8) is 0 Å². The first kappa shape index (κ1) is 35.3. The monoisotopic (exact) mass is 890 g/mol. The van der Waals surface area contributed by atoms with Crippen LogP contribution in [-0.4, -0.2) is 82.0 Å². The fraction of sp³-hybridized carbons (Fsp3) is 0.222. The maximum absolute atomic E-state index is 13.9. The summed E-state index contributed by atoms with van der Waals surface area (Å²) in [5, 5.41) is 5.10. The first-order chi connectivity index (χ1) is 25.4. The molecule has 2 amide bonds. The van der Waals surface area contributed by atoms with Gasteiger partial charge < -0.3 is 20.0 Å². The van der Waals surface area contributed by atoms with Gasteiger partial charge in [0.2, 0.25) is 23.0 Å². The Morgan fingerprint density at radius 3 is 1.60 bits per heavy atom. The lowest BCUT2D eigenvalue weighted by atomic mass is 9.73. The molecule has 8 heterocycles. The molecule has 10 rings (SSSR count). The average Bonchev–Trinajstić information content (AvgIpc) is 3.50. The number of anilines is 3. The Morgan fingerprint density at radius 2 is 1.17 bits per heavy atom. The molecule has 4 aliphatic heterocycles. The molecular weight excluding hydrogens is 838 g/mol. The third-order valence-electron chi connectivity index (χ3n) is 10.0. The minimum atomic E-state index is -0.679. The number of likely N-dealkylation sites (N-methyl/N-ethyl adjacent to an activating group) is 2. The molecule has 6 aromatic rings. The van der Waals surface area contributed by atoms with E-state index in [-0.39, 0.29) is 43.4 Å². The highest BCUT2D eigenvalue weighted by molar-refractivity contribution is 9.10. The van der Waals surface area contributed by atoms with Crippen LogP contribution in [0.4, 0.5) is 26.1 Å². The number of nitrogens with one attached hydrogen (secondary N) is 1. The first-order valence-electron chi connectivity index (χ1n) is 16.2. The molecule has 2 fully saturated rings. The van der Waals surface area contributed by atoms with Crippen LogP contribution in [0.3, 0.4) is 0 Å². The summed E-state index contributed by atoms with van der Waals surface area (Å²) in [6.45, 7) is 2.22. The molecule has 12 nitrogen and oxygen atoms in total. The molecule has 296 valence electrons. The van der Waals surface area contributed by atoms with Crippen molar-refractivity contribution in [2.24, 2.45) is 0 Å². The Morgan fingerprint density at radius 1 is 0.717 bits per heavy atom. The number of aromatic nitrogens is 6. The van der Waals surface area contributed by atoms with Crippen LogP contribution < -0.4 is 20.0 Å². The summed E-state index contributed by atoms with van der Waals surface area (Å²) in [5.41, 5.74) is 3.40. The van der Waals surface area contributed by atoms with Crippen molar-refractivity contribution in [3.8, 4) is 0 Å². The number of carbonyl (C=O) groups is 2. The SMILES string of the molecule is CN1C(=O)C2(CN(c3ncccn3)C2)c2c1cnc1cc(F)c(Br)cc21.CN1C(=O)C2(CNC2)c2c1cnc1cc(F)c(Br)cc21.Clc1ncccn1.[HH].[HH].[HH].[HH].[HH].[HH].[HH].[HH].[HH].[HH].[HH].[HH].[HH].[HH]. The van der Waals surface area contributed by atoms with E-state index in [4.69, 9.17) is 11.6 Å². The Balaban J connectivity index is -0.000000161. The number of nitrogens with zero attached hydrogens (tertiary/aromatic N) is 9. The Hall–Kier alpha value is -4.77. The van der Waals surface area contributed by atoms with Gasteiger partial charge in [-0.05, 0) is 67.7 Å². The molecule has 2 spiro atoms. The molecule has 53 heavy (non-hydrogen) atoms. The van der Waals surface area contributed by atoms with Crippen LogP contribution in [0.2, 0.25) is 5.28 Å². The van der Waals surface area contributed by atoms with Gasteiger partial charge in [-0.3, -0.25) is 19.6 Å². The maximum Gasteiger partial charge on any atom is 0.241 e. The van der Waals surface area contributed by atoms with Gasteiger partial charge in [0.25, 0.3) is 0 Å². The fourth-order valence-corrected chi connectivity index (χ4v) is 8.22. The van der Waals surface area contributed by atoms with Crippen LogP contribution in [0.15, 0.2) is 82.5 Å². The van der Waals surface area contributed by atoms with E-state index in [1.165, 1.54) is 12.1 Å². The first-order valence-corrected chi connectivity index (χ1v) is 18.2. The summed E-state index contributed by atoms with van der Waals surface area (Å²) in [6, 6.07) is 9.71. The minimum absolute atomic E-state index is 0. The predicted octanol–water partition coefficient (Wildman–Crippen LogP) is 9.19. The second-order valence-corrected chi connectivity index (χ2v) is 15.1. The predicted molar refractivity (Wildman–Crippen MR) is 233 cm³/mol. The number of amides is 2. The van der Waals surface area contributed by atoms with Gasteiger partial charge in [-0.1, -0.05) is 0 Å². The molecule has 0 unspecified atom stereocenters. The summed E-state index contributed by atoms with van der Waals surface area (Å²) in [4.78, 5) is 55.3. The largest absolute Gasteiger partial charge is 0.338 e. The van der Waals surface area contributed by atoms with Crippen molar-refractivity contribution in [1.82, 2.24) is 35.2 Å². The number of benzene rings is 2. The average molecular weight is 893 g/mol. The van der Waals surface area contributed by atoms with Crippen LogP contribution in [0.1, 0.15) is 31.1 Å². The van der Waals surface area contributed by atoms with Crippen LogP contribution >= 0.6 is 43.5 Å². The topological polar surface area (TPSA) is 133 Å². The number of hydrogen-bond acceptors (Lipinski definition) is 10. The molecule has 0 bridgehead atoms. The minimum Gasteiger partial charge on any atom is -0.338 e. The van der Waals surface area contributed by atoms with E-state index in [2.05, 4.69) is 67.1 Å². The lowest BCUT2D eigenvalue weighted by Gasteiger charge is -2.46. The van der Waals surface area contributed by atoms with Crippen molar-refractivity contribution < 1.29 is 38.3 Å². The summed E-state index contributed by atoms with van der Waals surface area (Å²) in [6.07, 6.45) is 9.87. The lowest BCUT2D eigenvalue weighted by Crippen LogP contribution is -2.64. The molecule has 4 aliphatic rings. The van der Waals surface area contributed by atoms with Gasteiger partial charge in [0.15, 0.2) is 0 Å². The van der Waals surface area contributed by atoms with E-state index in [0.29, 0.717) is 57.4 Å². The van der Waals surface area contributed by atoms with Gasteiger partial charge in [0.1, 0.15) is 22.5 Å². The quantitative estimate of drug-likeness (QED) is 0.159. The normalized spacial score (nSPS) is 17.2. The summed E-state index contributed by atoms with van der Waals surface area (Å²) in [7, 11) is 3.52. The highest BCUT2D eigenvalue weighted by Crippen LogP contribution is 2.50. The van der Waals surface area contributed by atoms with Crippen LogP contribution in [0.25, 0.3) is 21.8 Å². The molecule has 0 saturated carbocycles. The van der Waals surface area contributed by atoms with Gasteiger partial charge in [-0.2, -0.15) is 0 Å². The van der Waals surface area contributed by atoms with E-state index in [1.54, 1.807) is 85.3 Å². The number of fused-ring (bicyclic) bond motifs is 8. The van der Waals surface area contributed by atoms with Crippen LogP contribution in [0, 0.1) is 11.6 Å². The van der Waals surface area contributed by atoms with Crippen LogP contribution in [-0.2, 0) is 20.4 Å².